The van der Waals surface area contributed by atoms with E-state index in [9.17, 15) is 64.5 Å². The van der Waals surface area contributed by atoms with E-state index in [4.69, 9.17) is 34.7 Å². The molecule has 6 heterocycles. The first kappa shape index (κ1) is 69.0. The van der Waals surface area contributed by atoms with Crippen molar-refractivity contribution in [2.24, 2.45) is 0 Å². The van der Waals surface area contributed by atoms with Crippen LogP contribution in [-0.4, -0.2) is 161 Å². The van der Waals surface area contributed by atoms with Crippen LogP contribution in [0.1, 0.15) is 66.8 Å². The second-order valence-electron chi connectivity index (χ2n) is 19.1. The number of nitrogen functional groups attached to an aromatic ring is 2. The van der Waals surface area contributed by atoms with Crippen molar-refractivity contribution >= 4 is 80.4 Å². The molecule has 4 aromatic heterocycles. The number of phenols is 2. The lowest BCUT2D eigenvalue weighted by atomic mass is 10.1. The van der Waals surface area contributed by atoms with Crippen molar-refractivity contribution in [3.8, 4) is 22.9 Å². The van der Waals surface area contributed by atoms with Crippen molar-refractivity contribution in [1.82, 2.24) is 48.7 Å². The Morgan fingerprint density at radius 3 is 1.30 bits per heavy atom. The molecule has 6 aromatic rings. The molecule has 0 radical (unpaired) electrons. The number of nitrogens with two attached hydrogens (primary N) is 2. The van der Waals surface area contributed by atoms with Gasteiger partial charge in [-0.25, -0.2) is 18.7 Å². The maximum atomic E-state index is 14.9. The number of carbonyl (C=O) groups is 2. The summed E-state index contributed by atoms with van der Waals surface area (Å²) in [6.07, 6.45) is -7.53. The lowest BCUT2D eigenvalue weighted by molar-refractivity contribution is -0.143. The standard InChI is InChI=1S/C21H20Cl2F4N6O2.C21H22F4N6O2.2C7H13NO/c1-3-31(4-2)9-7-32(8-9)20-29-15-10(18(28)30-20)5-13(21(25,26)27)33(19(15)35)16-14(24)11(22)6-12(23)17(16)34;1-3-29(4-2)11-9-30(10-11)20-27-16-12(18(26)28-20)8-15(21(23,24)25)31(19(16)33)17-13(22)6-5-7-14(17)32;2*1-4-7(9)8(5-2)6-3/h5-6,9,34H,3-4,7-8H2,1-2H3,(H2,28,29,30);5-8,11,32H,3-4,9-10H2,1-2H3,(H2,26,27,28);2*4H,1,5-6H2,2-3H3. The Hall–Kier alpha value is -7.82. The third-order valence-electron chi connectivity index (χ3n) is 14.3. The second-order valence-corrected chi connectivity index (χ2v) is 19.9. The van der Waals surface area contributed by atoms with Crippen molar-refractivity contribution in [2.45, 2.75) is 79.8 Å². The molecule has 0 atom stereocenters. The summed E-state index contributed by atoms with van der Waals surface area (Å²) in [5, 5.41) is 18.5. The Kier molecular flexibility index (Phi) is 23.3. The molecule has 2 aliphatic rings. The number of aromatic hydroxyl groups is 2. The Morgan fingerprint density at radius 2 is 0.988 bits per heavy atom. The van der Waals surface area contributed by atoms with Crippen molar-refractivity contribution in [3.63, 3.8) is 0 Å². The number of carbonyl (C=O) groups excluding carboxylic acids is 2. The number of halogens is 10. The maximum absolute atomic E-state index is 14.9. The number of anilines is 4. The SMILES string of the molecule is C=CC(=O)N(CC)CC.C=CC(=O)N(CC)CC.CCN(CC)C1CN(c2nc(N)c3cc(C(F)(F)F)n(-c4c(O)c(Cl)cc(Cl)c4F)c(=O)c3n2)C1.CCN(CC)C1CN(c2nc(N)c3cc(C(F)(F)F)n(-c4c(O)cccc4F)c(=O)c3n2)C1. The summed E-state index contributed by atoms with van der Waals surface area (Å²) in [7, 11) is 0. The van der Waals surface area contributed by atoms with Gasteiger partial charge in [-0.05, 0) is 96.4 Å². The Labute approximate surface area is 500 Å². The lowest BCUT2D eigenvalue weighted by Crippen LogP contribution is -2.60. The highest BCUT2D eigenvalue weighted by molar-refractivity contribution is 6.36. The summed E-state index contributed by atoms with van der Waals surface area (Å²) in [6, 6.07) is 5.35. The third-order valence-corrected chi connectivity index (χ3v) is 14.9. The number of para-hydroxylation sites is 1. The molecule has 468 valence electrons. The first-order chi connectivity index (χ1) is 40.5. The van der Waals surface area contributed by atoms with Gasteiger partial charge in [0.15, 0.2) is 17.4 Å². The summed E-state index contributed by atoms with van der Waals surface area (Å²) >= 11 is 11.5. The highest BCUT2D eigenvalue weighted by Gasteiger charge is 2.41. The zero-order chi connectivity index (χ0) is 64.4. The van der Waals surface area contributed by atoms with Crippen LogP contribution in [0.2, 0.25) is 10.0 Å². The number of hydrogen-bond donors (Lipinski definition) is 4. The third kappa shape index (κ3) is 14.9. The predicted molar refractivity (Wildman–Crippen MR) is 316 cm³/mol. The molecule has 0 unspecified atom stereocenters. The summed E-state index contributed by atoms with van der Waals surface area (Å²) in [5.41, 5.74) is 3.14. The largest absolute Gasteiger partial charge is 0.506 e. The van der Waals surface area contributed by atoms with E-state index in [1.165, 1.54) is 12.2 Å². The fourth-order valence-corrected chi connectivity index (χ4v) is 10.0. The van der Waals surface area contributed by atoms with Gasteiger partial charge in [0.2, 0.25) is 23.7 Å². The molecule has 2 fully saturated rings. The monoisotopic (exact) mass is 1250 g/mol. The normalized spacial score (nSPS) is 13.5. The van der Waals surface area contributed by atoms with Crippen LogP contribution in [0.4, 0.5) is 58.7 Å². The average molecular weight is 1260 g/mol. The maximum Gasteiger partial charge on any atom is 0.431 e. The van der Waals surface area contributed by atoms with Crippen LogP contribution in [0.3, 0.4) is 0 Å². The highest BCUT2D eigenvalue weighted by atomic mass is 35.5. The van der Waals surface area contributed by atoms with Crippen LogP contribution in [0.15, 0.2) is 71.3 Å². The van der Waals surface area contributed by atoms with Gasteiger partial charge in [0, 0.05) is 64.4 Å². The predicted octanol–water partition coefficient (Wildman–Crippen LogP) is 8.90. The summed E-state index contributed by atoms with van der Waals surface area (Å²) < 4.78 is 113. The molecule has 6 N–H and O–H groups in total. The first-order valence-corrected chi connectivity index (χ1v) is 28.0. The Morgan fingerprint density at radius 1 is 0.616 bits per heavy atom. The molecular formula is C56H68Cl2F8N14O6. The molecular weight excluding hydrogens is 1190 g/mol. The van der Waals surface area contributed by atoms with Gasteiger partial charge in [0.25, 0.3) is 11.1 Å². The molecule has 0 saturated carbocycles. The Bertz CT molecular complexity index is 3490. The van der Waals surface area contributed by atoms with Crippen molar-refractivity contribution in [3.05, 3.63) is 115 Å². The molecule has 0 spiro atoms. The molecule has 8 rings (SSSR count). The topological polar surface area (TPSA) is 242 Å². The van der Waals surface area contributed by atoms with E-state index in [2.05, 4.69) is 42.9 Å². The number of fused-ring (bicyclic) bond motifs is 2. The van der Waals surface area contributed by atoms with E-state index in [-0.39, 0.29) is 67.3 Å². The number of aromatic nitrogens is 6. The van der Waals surface area contributed by atoms with Gasteiger partial charge in [-0.15, -0.1) is 0 Å². The van der Waals surface area contributed by atoms with Gasteiger partial charge in [0.1, 0.15) is 51.2 Å². The first-order valence-electron chi connectivity index (χ1n) is 27.2. The van der Waals surface area contributed by atoms with Crippen molar-refractivity contribution in [1.29, 1.82) is 0 Å². The molecule has 20 nitrogen and oxygen atoms in total. The molecule has 2 aromatic carbocycles. The summed E-state index contributed by atoms with van der Waals surface area (Å²) in [6.45, 7) is 31.3. The van der Waals surface area contributed by atoms with E-state index in [0.29, 0.717) is 38.3 Å². The van der Waals surface area contributed by atoms with Gasteiger partial charge >= 0.3 is 12.4 Å². The number of hydrogen-bond acceptors (Lipinski definition) is 16. The number of likely N-dealkylation sites (N-methyl/N-ethyl adjacent to an activating group) is 4. The smallest absolute Gasteiger partial charge is 0.431 e. The molecule has 0 aliphatic carbocycles. The molecule has 0 bridgehead atoms. The number of rotatable bonds is 16. The number of pyridine rings is 2. The minimum absolute atomic E-state index is 0.0139. The minimum Gasteiger partial charge on any atom is -0.506 e. The van der Waals surface area contributed by atoms with Crippen LogP contribution in [0.25, 0.3) is 33.2 Å². The second kappa shape index (κ2) is 29.0. The van der Waals surface area contributed by atoms with Crippen molar-refractivity contribution < 1.29 is 54.9 Å². The quantitative estimate of drug-likeness (QED) is 0.0402. The van der Waals surface area contributed by atoms with Gasteiger partial charge in [-0.2, -0.15) is 36.3 Å². The fourth-order valence-electron chi connectivity index (χ4n) is 9.55. The van der Waals surface area contributed by atoms with Crippen molar-refractivity contribution in [2.75, 3.05) is 99.8 Å². The fraction of sp³-hybridized carbons (Fsp3) is 0.429. The van der Waals surface area contributed by atoms with Crippen LogP contribution < -0.4 is 32.4 Å². The van der Waals surface area contributed by atoms with E-state index in [0.717, 1.165) is 76.6 Å². The molecule has 2 amide bonds. The lowest BCUT2D eigenvalue weighted by Gasteiger charge is -2.44. The zero-order valence-electron chi connectivity index (χ0n) is 48.5. The van der Waals surface area contributed by atoms with E-state index in [1.54, 1.807) is 19.6 Å². The number of alkyl halides is 6. The number of phenolic OH excluding ortho intramolecular Hbond substituents is 2. The van der Waals surface area contributed by atoms with Crippen LogP contribution in [0, 0.1) is 11.6 Å². The number of nitrogens with zero attached hydrogens (tertiary/aromatic N) is 12. The van der Waals surface area contributed by atoms with Gasteiger partial charge in [-0.3, -0.25) is 38.1 Å². The molecule has 2 saturated heterocycles. The minimum atomic E-state index is -5.15. The van der Waals surface area contributed by atoms with E-state index < -0.39 is 90.4 Å². The number of amides is 2. The van der Waals surface area contributed by atoms with Crippen LogP contribution >= 0.6 is 23.2 Å². The average Bonchev–Trinajstić information content (AvgIpc) is 0.790. The van der Waals surface area contributed by atoms with Gasteiger partial charge < -0.3 is 41.3 Å². The molecule has 2 aliphatic heterocycles. The Balaban J connectivity index is 0.000000245. The van der Waals surface area contributed by atoms with E-state index >= 15 is 0 Å². The highest BCUT2D eigenvalue weighted by Crippen LogP contribution is 2.41. The van der Waals surface area contributed by atoms with Crippen LogP contribution in [0.5, 0.6) is 11.5 Å². The summed E-state index contributed by atoms with van der Waals surface area (Å²) in [5.74, 6) is -5.04. The number of benzene rings is 2. The van der Waals surface area contributed by atoms with E-state index in [1.807, 2.05) is 55.4 Å². The molecule has 86 heavy (non-hydrogen) atoms. The van der Waals surface area contributed by atoms with Gasteiger partial charge in [0.05, 0.1) is 20.8 Å². The molecule has 30 heteroatoms. The van der Waals surface area contributed by atoms with Gasteiger partial charge in [-0.1, -0.05) is 70.1 Å². The van der Waals surface area contributed by atoms with Crippen LogP contribution in [-0.2, 0) is 21.9 Å². The summed E-state index contributed by atoms with van der Waals surface area (Å²) in [4.78, 5) is 76.1. The zero-order valence-corrected chi connectivity index (χ0v) is 50.0.